The summed E-state index contributed by atoms with van der Waals surface area (Å²) in [7, 11) is 1.50. The third-order valence-corrected chi connectivity index (χ3v) is 4.17. The standard InChI is InChI=1S/C20H16N4O4/c1-27-17-9-14(2-4-15(17)18-10-21-11-28-18)24-20(26)19(25)23-13-3-5-16-12(8-13)6-7-22-16/h2-11,22H,1H3,(H,23,25)(H,24,26). The molecular weight excluding hydrogens is 360 g/mol. The Bertz CT molecular complexity index is 1150. The Morgan fingerprint density at radius 2 is 1.79 bits per heavy atom. The number of hydrogen-bond acceptors (Lipinski definition) is 5. The molecule has 0 aliphatic heterocycles. The molecule has 0 aliphatic carbocycles. The number of rotatable bonds is 4. The van der Waals surface area contributed by atoms with E-state index in [1.54, 1.807) is 42.7 Å². The monoisotopic (exact) mass is 376 g/mol. The Hall–Kier alpha value is -4.07. The number of nitrogens with one attached hydrogen (secondary N) is 3. The smallest absolute Gasteiger partial charge is 0.314 e. The van der Waals surface area contributed by atoms with Crippen molar-refractivity contribution in [3.05, 3.63) is 61.3 Å². The predicted octanol–water partition coefficient (Wildman–Crippen LogP) is 3.41. The number of hydrogen-bond donors (Lipinski definition) is 3. The number of fused-ring (bicyclic) bond motifs is 1. The van der Waals surface area contributed by atoms with Crippen LogP contribution in [0.5, 0.6) is 5.75 Å². The molecule has 4 aromatic rings. The van der Waals surface area contributed by atoms with Crippen molar-refractivity contribution in [1.82, 2.24) is 9.97 Å². The molecule has 8 heteroatoms. The van der Waals surface area contributed by atoms with Crippen LogP contribution in [0.1, 0.15) is 0 Å². The van der Waals surface area contributed by atoms with E-state index >= 15 is 0 Å². The van der Waals surface area contributed by atoms with E-state index in [1.807, 2.05) is 12.1 Å². The number of carbonyl (C=O) groups excluding carboxylic acids is 2. The van der Waals surface area contributed by atoms with Crippen LogP contribution in [-0.2, 0) is 9.59 Å². The second-order valence-electron chi connectivity index (χ2n) is 5.97. The highest BCUT2D eigenvalue weighted by molar-refractivity contribution is 6.43. The number of ether oxygens (including phenoxy) is 1. The number of amides is 2. The van der Waals surface area contributed by atoms with Gasteiger partial charge in [0.05, 0.1) is 18.9 Å². The van der Waals surface area contributed by atoms with Crippen LogP contribution in [0, 0.1) is 0 Å². The zero-order chi connectivity index (χ0) is 19.5. The van der Waals surface area contributed by atoms with E-state index < -0.39 is 11.8 Å². The Balaban J connectivity index is 1.47. The first-order chi connectivity index (χ1) is 13.6. The number of aromatic amines is 1. The molecule has 0 fully saturated rings. The maximum absolute atomic E-state index is 12.2. The highest BCUT2D eigenvalue weighted by Crippen LogP contribution is 2.32. The number of benzene rings is 2. The second-order valence-corrected chi connectivity index (χ2v) is 5.97. The van der Waals surface area contributed by atoms with Gasteiger partial charge in [0.15, 0.2) is 12.2 Å². The number of methoxy groups -OCH3 is 1. The molecule has 0 bridgehead atoms. The van der Waals surface area contributed by atoms with Gasteiger partial charge in [-0.1, -0.05) is 0 Å². The maximum atomic E-state index is 12.2. The summed E-state index contributed by atoms with van der Waals surface area (Å²) in [4.78, 5) is 31.4. The van der Waals surface area contributed by atoms with Gasteiger partial charge in [-0.15, -0.1) is 0 Å². The van der Waals surface area contributed by atoms with Gasteiger partial charge in [0.25, 0.3) is 0 Å². The minimum atomic E-state index is -0.788. The highest BCUT2D eigenvalue weighted by Gasteiger charge is 2.16. The molecule has 28 heavy (non-hydrogen) atoms. The lowest BCUT2D eigenvalue weighted by atomic mass is 10.1. The number of carbonyl (C=O) groups is 2. The fourth-order valence-electron chi connectivity index (χ4n) is 2.83. The molecule has 140 valence electrons. The minimum Gasteiger partial charge on any atom is -0.496 e. The fraction of sp³-hybridized carbons (Fsp3) is 0.0500. The van der Waals surface area contributed by atoms with Crippen LogP contribution in [0.3, 0.4) is 0 Å². The summed E-state index contributed by atoms with van der Waals surface area (Å²) in [5, 5.41) is 6.08. The first-order valence-corrected chi connectivity index (χ1v) is 8.40. The van der Waals surface area contributed by atoms with E-state index in [9.17, 15) is 9.59 Å². The van der Waals surface area contributed by atoms with Crippen LogP contribution < -0.4 is 15.4 Å². The molecule has 0 unspecified atom stereocenters. The predicted molar refractivity (Wildman–Crippen MR) is 104 cm³/mol. The van der Waals surface area contributed by atoms with Crippen molar-refractivity contribution in [3.8, 4) is 17.1 Å². The first-order valence-electron chi connectivity index (χ1n) is 8.40. The molecule has 0 radical (unpaired) electrons. The van der Waals surface area contributed by atoms with Crippen LogP contribution in [0.15, 0.2) is 65.7 Å². The van der Waals surface area contributed by atoms with Crippen molar-refractivity contribution >= 4 is 34.1 Å². The number of nitrogens with zero attached hydrogens (tertiary/aromatic N) is 1. The average Bonchev–Trinajstić information content (AvgIpc) is 3.39. The van der Waals surface area contributed by atoms with Gasteiger partial charge in [-0.3, -0.25) is 9.59 Å². The lowest BCUT2D eigenvalue weighted by molar-refractivity contribution is -0.132. The number of aromatic nitrogens is 2. The van der Waals surface area contributed by atoms with Gasteiger partial charge in [-0.2, -0.15) is 0 Å². The van der Waals surface area contributed by atoms with E-state index in [2.05, 4.69) is 20.6 Å². The lowest BCUT2D eigenvalue weighted by Crippen LogP contribution is -2.29. The van der Waals surface area contributed by atoms with E-state index in [0.29, 0.717) is 28.4 Å². The first kappa shape index (κ1) is 17.3. The second kappa shape index (κ2) is 7.28. The van der Waals surface area contributed by atoms with Gasteiger partial charge >= 0.3 is 11.8 Å². The summed E-state index contributed by atoms with van der Waals surface area (Å²) in [6.07, 6.45) is 4.68. The Labute approximate surface area is 159 Å². The fourth-order valence-corrected chi connectivity index (χ4v) is 2.83. The highest BCUT2D eigenvalue weighted by atomic mass is 16.5. The van der Waals surface area contributed by atoms with Gasteiger partial charge in [0, 0.05) is 34.5 Å². The average molecular weight is 376 g/mol. The molecule has 8 nitrogen and oxygen atoms in total. The van der Waals surface area contributed by atoms with Crippen molar-refractivity contribution in [2.45, 2.75) is 0 Å². The number of oxazole rings is 1. The van der Waals surface area contributed by atoms with Gasteiger partial charge in [0.1, 0.15) is 5.75 Å². The Kier molecular flexibility index (Phi) is 4.51. The number of anilines is 2. The zero-order valence-electron chi connectivity index (χ0n) is 14.9. The van der Waals surface area contributed by atoms with Crippen LogP contribution in [0.2, 0.25) is 0 Å². The van der Waals surface area contributed by atoms with Gasteiger partial charge in [-0.05, 0) is 36.4 Å². The molecular formula is C20H16N4O4. The maximum Gasteiger partial charge on any atom is 0.314 e. The van der Waals surface area contributed by atoms with Gasteiger partial charge in [-0.25, -0.2) is 4.98 Å². The van der Waals surface area contributed by atoms with Crippen LogP contribution in [0.25, 0.3) is 22.2 Å². The summed E-state index contributed by atoms with van der Waals surface area (Å²) in [5.74, 6) is -0.544. The third kappa shape index (κ3) is 3.43. The van der Waals surface area contributed by atoms with E-state index in [0.717, 1.165) is 10.9 Å². The summed E-state index contributed by atoms with van der Waals surface area (Å²) >= 11 is 0. The van der Waals surface area contributed by atoms with Crippen molar-refractivity contribution in [2.75, 3.05) is 17.7 Å². The van der Waals surface area contributed by atoms with Crippen LogP contribution in [-0.4, -0.2) is 28.9 Å². The number of H-pyrrole nitrogens is 1. The minimum absolute atomic E-state index is 0.418. The van der Waals surface area contributed by atoms with Crippen molar-refractivity contribution in [2.24, 2.45) is 0 Å². The molecule has 2 aromatic carbocycles. The molecule has 2 heterocycles. The third-order valence-electron chi connectivity index (χ3n) is 4.17. The molecule has 2 aromatic heterocycles. The van der Waals surface area contributed by atoms with Gasteiger partial charge in [0.2, 0.25) is 0 Å². The normalized spacial score (nSPS) is 10.6. The van der Waals surface area contributed by atoms with Crippen LogP contribution in [0.4, 0.5) is 11.4 Å². The Morgan fingerprint density at radius 3 is 2.50 bits per heavy atom. The summed E-state index contributed by atoms with van der Waals surface area (Å²) in [6.45, 7) is 0. The molecule has 0 saturated carbocycles. The van der Waals surface area contributed by atoms with E-state index in [4.69, 9.17) is 9.15 Å². The quantitative estimate of drug-likeness (QED) is 0.473. The summed E-state index contributed by atoms with van der Waals surface area (Å²) < 4.78 is 10.6. The zero-order valence-corrected chi connectivity index (χ0v) is 14.9. The van der Waals surface area contributed by atoms with E-state index in [-0.39, 0.29) is 0 Å². The Morgan fingerprint density at radius 1 is 1.04 bits per heavy atom. The van der Waals surface area contributed by atoms with E-state index in [1.165, 1.54) is 13.5 Å². The molecule has 0 atom stereocenters. The van der Waals surface area contributed by atoms with Crippen molar-refractivity contribution in [1.29, 1.82) is 0 Å². The largest absolute Gasteiger partial charge is 0.496 e. The molecule has 4 rings (SSSR count). The topological polar surface area (TPSA) is 109 Å². The van der Waals surface area contributed by atoms with Crippen molar-refractivity contribution < 1.29 is 18.7 Å². The molecule has 0 saturated heterocycles. The molecule has 0 aliphatic rings. The molecule has 2 amide bonds. The molecule has 0 spiro atoms. The lowest BCUT2D eigenvalue weighted by Gasteiger charge is -2.10. The van der Waals surface area contributed by atoms with Crippen LogP contribution >= 0.6 is 0 Å². The summed E-state index contributed by atoms with van der Waals surface area (Å²) in [6, 6.07) is 12.2. The van der Waals surface area contributed by atoms with Gasteiger partial charge < -0.3 is 24.8 Å². The SMILES string of the molecule is COc1cc(NC(=O)C(=O)Nc2ccc3[nH]ccc3c2)ccc1-c1cnco1. The molecule has 3 N–H and O–H groups in total. The van der Waals surface area contributed by atoms with Crippen molar-refractivity contribution in [3.63, 3.8) is 0 Å². The summed E-state index contributed by atoms with van der Waals surface area (Å²) in [5.41, 5.74) is 2.58.